The SMILES string of the molecule is COc1ccccc1OCCN(CCCCc1ccc2c(n1)NCCC2)CC[C@H](NC(=O)CC(C)(C)C)C(=O)O. The van der Waals surface area contributed by atoms with Crippen molar-refractivity contribution in [2.75, 3.05) is 45.2 Å². The maximum Gasteiger partial charge on any atom is 0.326 e. The number of hydrogen-bond donors (Lipinski definition) is 3. The van der Waals surface area contributed by atoms with Crippen LogP contribution in [0.2, 0.25) is 0 Å². The van der Waals surface area contributed by atoms with E-state index in [1.807, 2.05) is 45.0 Å². The van der Waals surface area contributed by atoms with E-state index in [-0.39, 0.29) is 17.7 Å². The van der Waals surface area contributed by atoms with Crippen molar-refractivity contribution in [2.45, 2.75) is 71.8 Å². The zero-order chi connectivity index (χ0) is 29.0. The van der Waals surface area contributed by atoms with Crippen LogP contribution in [0.4, 0.5) is 5.82 Å². The van der Waals surface area contributed by atoms with E-state index in [4.69, 9.17) is 14.5 Å². The zero-order valence-corrected chi connectivity index (χ0v) is 24.5. The topological polar surface area (TPSA) is 113 Å². The van der Waals surface area contributed by atoms with E-state index in [1.54, 1.807) is 7.11 Å². The number of carboxylic acids is 1. The number of benzene rings is 1. The van der Waals surface area contributed by atoms with Gasteiger partial charge in [-0.1, -0.05) is 39.0 Å². The number of para-hydroxylation sites is 2. The predicted octanol–water partition coefficient (Wildman–Crippen LogP) is 4.55. The number of aryl methyl sites for hydroxylation is 2. The maximum atomic E-state index is 12.4. The molecule has 1 aromatic carbocycles. The van der Waals surface area contributed by atoms with E-state index in [0.29, 0.717) is 37.6 Å². The molecule has 3 N–H and O–H groups in total. The summed E-state index contributed by atoms with van der Waals surface area (Å²) in [5, 5.41) is 15.9. The molecule has 0 aliphatic carbocycles. The lowest BCUT2D eigenvalue weighted by Crippen LogP contribution is -2.44. The van der Waals surface area contributed by atoms with Crippen molar-refractivity contribution in [1.29, 1.82) is 0 Å². The molecule has 0 unspecified atom stereocenters. The molecule has 1 aromatic heterocycles. The number of aromatic nitrogens is 1. The summed E-state index contributed by atoms with van der Waals surface area (Å²) in [6, 6.07) is 10.9. The Morgan fingerprint density at radius 1 is 1.10 bits per heavy atom. The van der Waals surface area contributed by atoms with Crippen LogP contribution in [-0.2, 0) is 22.4 Å². The fourth-order valence-corrected chi connectivity index (χ4v) is 4.80. The number of unbranched alkanes of at least 4 members (excludes halogenated alkanes) is 1. The highest BCUT2D eigenvalue weighted by Crippen LogP contribution is 2.26. The number of fused-ring (bicyclic) bond motifs is 1. The first kappa shape index (κ1) is 31.2. The number of nitrogens with one attached hydrogen (secondary N) is 2. The Morgan fingerprint density at radius 2 is 1.88 bits per heavy atom. The number of anilines is 1. The molecule has 2 aromatic rings. The Labute approximate surface area is 238 Å². The van der Waals surface area contributed by atoms with Crippen molar-refractivity contribution in [3.63, 3.8) is 0 Å². The maximum absolute atomic E-state index is 12.4. The predicted molar refractivity (Wildman–Crippen MR) is 157 cm³/mol. The molecule has 0 spiro atoms. The second kappa shape index (κ2) is 15.5. The minimum Gasteiger partial charge on any atom is -0.493 e. The number of amides is 1. The molecule has 9 nitrogen and oxygen atoms in total. The van der Waals surface area contributed by atoms with Crippen LogP contribution in [-0.4, -0.2) is 72.8 Å². The van der Waals surface area contributed by atoms with Crippen LogP contribution in [0.3, 0.4) is 0 Å². The van der Waals surface area contributed by atoms with E-state index in [0.717, 1.165) is 56.7 Å². The quantitative estimate of drug-likeness (QED) is 0.259. The number of carboxylic acid groups (broad SMARTS) is 1. The van der Waals surface area contributed by atoms with Crippen LogP contribution in [0, 0.1) is 5.41 Å². The van der Waals surface area contributed by atoms with E-state index in [2.05, 4.69) is 27.7 Å². The number of hydrogen-bond acceptors (Lipinski definition) is 7. The van der Waals surface area contributed by atoms with Gasteiger partial charge < -0.3 is 25.2 Å². The average Bonchev–Trinajstić information content (AvgIpc) is 2.91. The number of carbonyl (C=O) groups is 2. The standard InChI is InChI=1S/C31H46N4O5/c1-31(2,3)22-28(36)34-25(30(37)38)16-19-35(20-21-40-27-13-6-5-12-26(27)39-4)18-8-7-11-24-15-14-23-10-9-17-32-29(23)33-24/h5-6,12-15,25H,7-11,16-22H2,1-4H3,(H,32,33)(H,34,36)(H,37,38)/t25-/m0/s1. The van der Waals surface area contributed by atoms with Gasteiger partial charge in [0.05, 0.1) is 7.11 Å². The number of nitrogens with zero attached hydrogens (tertiary/aromatic N) is 2. The summed E-state index contributed by atoms with van der Waals surface area (Å²) in [6.45, 7) is 9.24. The van der Waals surface area contributed by atoms with Crippen molar-refractivity contribution in [1.82, 2.24) is 15.2 Å². The highest BCUT2D eigenvalue weighted by molar-refractivity contribution is 5.83. The lowest BCUT2D eigenvalue weighted by atomic mass is 9.92. The van der Waals surface area contributed by atoms with Gasteiger partial charge in [-0.2, -0.15) is 0 Å². The van der Waals surface area contributed by atoms with Gasteiger partial charge in [0, 0.05) is 31.7 Å². The molecular formula is C31H46N4O5. The largest absolute Gasteiger partial charge is 0.493 e. The molecule has 0 saturated carbocycles. The van der Waals surface area contributed by atoms with Crippen LogP contribution in [0.5, 0.6) is 11.5 Å². The molecule has 1 amide bonds. The number of methoxy groups -OCH3 is 1. The number of pyridine rings is 1. The summed E-state index contributed by atoms with van der Waals surface area (Å²) in [7, 11) is 1.61. The molecule has 3 rings (SSSR count). The van der Waals surface area contributed by atoms with E-state index in [1.165, 1.54) is 5.56 Å². The van der Waals surface area contributed by atoms with Gasteiger partial charge in [0.25, 0.3) is 0 Å². The summed E-state index contributed by atoms with van der Waals surface area (Å²) in [6.07, 6.45) is 5.62. The highest BCUT2D eigenvalue weighted by Gasteiger charge is 2.24. The van der Waals surface area contributed by atoms with Crippen LogP contribution in [0.25, 0.3) is 0 Å². The van der Waals surface area contributed by atoms with Gasteiger partial charge in [-0.25, -0.2) is 9.78 Å². The van der Waals surface area contributed by atoms with Gasteiger partial charge in [0.2, 0.25) is 5.91 Å². The fourth-order valence-electron chi connectivity index (χ4n) is 4.80. The summed E-state index contributed by atoms with van der Waals surface area (Å²) in [4.78, 5) is 31.3. The molecule has 1 aliphatic heterocycles. The normalized spacial score (nSPS) is 13.7. The third-order valence-electron chi connectivity index (χ3n) is 6.90. The molecule has 40 heavy (non-hydrogen) atoms. The lowest BCUT2D eigenvalue weighted by Gasteiger charge is -2.25. The fraction of sp³-hybridized carbons (Fsp3) is 0.581. The minimum atomic E-state index is -1.01. The second-order valence-corrected chi connectivity index (χ2v) is 11.6. The number of aliphatic carboxylic acids is 1. The molecule has 9 heteroatoms. The third-order valence-corrected chi connectivity index (χ3v) is 6.90. The Morgan fingerprint density at radius 3 is 2.60 bits per heavy atom. The molecule has 0 fully saturated rings. The average molecular weight is 555 g/mol. The number of ether oxygens (including phenoxy) is 2. The van der Waals surface area contributed by atoms with E-state index < -0.39 is 12.0 Å². The van der Waals surface area contributed by atoms with Crippen molar-refractivity contribution >= 4 is 17.7 Å². The van der Waals surface area contributed by atoms with E-state index >= 15 is 0 Å². The Kier molecular flexibility index (Phi) is 12.1. The first-order valence-electron chi connectivity index (χ1n) is 14.4. The number of carbonyl (C=O) groups excluding carboxylic acids is 1. The molecule has 2 heterocycles. The Balaban J connectivity index is 1.55. The minimum absolute atomic E-state index is 0.210. The first-order chi connectivity index (χ1) is 19.1. The van der Waals surface area contributed by atoms with Gasteiger partial charge >= 0.3 is 5.97 Å². The number of rotatable bonds is 16. The summed E-state index contributed by atoms with van der Waals surface area (Å²) in [5.74, 6) is 1.12. The molecule has 220 valence electrons. The lowest BCUT2D eigenvalue weighted by molar-refractivity contribution is -0.142. The Hall–Kier alpha value is -3.33. The molecule has 0 radical (unpaired) electrons. The highest BCUT2D eigenvalue weighted by atomic mass is 16.5. The summed E-state index contributed by atoms with van der Waals surface area (Å²) >= 11 is 0. The molecule has 1 atom stereocenters. The van der Waals surface area contributed by atoms with Crippen molar-refractivity contribution in [3.05, 3.63) is 47.7 Å². The molecule has 1 aliphatic rings. The van der Waals surface area contributed by atoms with Crippen LogP contribution < -0.4 is 20.1 Å². The van der Waals surface area contributed by atoms with Crippen LogP contribution in [0.1, 0.15) is 64.1 Å². The Bertz CT molecular complexity index is 1100. The van der Waals surface area contributed by atoms with Crippen molar-refractivity contribution < 1.29 is 24.2 Å². The van der Waals surface area contributed by atoms with E-state index in [9.17, 15) is 14.7 Å². The van der Waals surface area contributed by atoms with Crippen LogP contribution >= 0.6 is 0 Å². The summed E-state index contributed by atoms with van der Waals surface area (Å²) in [5.41, 5.74) is 2.17. The molecule has 0 saturated heterocycles. The molecule has 0 bridgehead atoms. The third kappa shape index (κ3) is 10.7. The second-order valence-electron chi connectivity index (χ2n) is 11.6. The van der Waals surface area contributed by atoms with Gasteiger partial charge in [-0.05, 0) is 74.2 Å². The first-order valence-corrected chi connectivity index (χ1v) is 14.4. The smallest absolute Gasteiger partial charge is 0.326 e. The van der Waals surface area contributed by atoms with Crippen LogP contribution in [0.15, 0.2) is 36.4 Å². The monoisotopic (exact) mass is 554 g/mol. The molecular weight excluding hydrogens is 508 g/mol. The van der Waals surface area contributed by atoms with Gasteiger partial charge in [0.1, 0.15) is 18.5 Å². The van der Waals surface area contributed by atoms with Crippen molar-refractivity contribution in [3.8, 4) is 11.5 Å². The zero-order valence-electron chi connectivity index (χ0n) is 24.5. The van der Waals surface area contributed by atoms with Gasteiger partial charge in [0.15, 0.2) is 11.5 Å². The van der Waals surface area contributed by atoms with Crippen molar-refractivity contribution in [2.24, 2.45) is 5.41 Å². The van der Waals surface area contributed by atoms with Gasteiger partial charge in [-0.15, -0.1) is 0 Å². The summed E-state index contributed by atoms with van der Waals surface area (Å²) < 4.78 is 11.4. The van der Waals surface area contributed by atoms with Gasteiger partial charge in [-0.3, -0.25) is 9.69 Å².